The molecule has 0 fully saturated rings. The van der Waals surface area contributed by atoms with Crippen molar-refractivity contribution in [2.45, 2.75) is 6.92 Å². The Hall–Kier alpha value is -5.20. The molecule has 0 saturated heterocycles. The van der Waals surface area contributed by atoms with Crippen molar-refractivity contribution in [3.8, 4) is 33.4 Å². The standard InChI is InChI=1S/C41H28/c1-27-19-22-38-39(25-27)40(31-21-20-28-11-5-6-14-30(28)26-31)35-17-9-10-18-36(35)41(38)37-24-23-32(29-12-3-2-4-13-29)33-15-7-8-16-34(33)37/h2-26H,1H3. The van der Waals surface area contributed by atoms with E-state index in [2.05, 4.69) is 159 Å². The van der Waals surface area contributed by atoms with Crippen molar-refractivity contribution in [3.63, 3.8) is 0 Å². The van der Waals surface area contributed by atoms with Gasteiger partial charge in [-0.15, -0.1) is 0 Å². The van der Waals surface area contributed by atoms with Crippen LogP contribution in [0.2, 0.25) is 0 Å². The first-order valence-corrected chi connectivity index (χ1v) is 14.3. The van der Waals surface area contributed by atoms with Crippen molar-refractivity contribution in [2.75, 3.05) is 0 Å². The number of hydrogen-bond acceptors (Lipinski definition) is 0. The van der Waals surface area contributed by atoms with Crippen LogP contribution < -0.4 is 0 Å². The van der Waals surface area contributed by atoms with E-state index in [0.717, 1.165) is 0 Å². The Bertz CT molecular complexity index is 2250. The first-order valence-electron chi connectivity index (χ1n) is 14.3. The number of aryl methyl sites for hydroxylation is 1. The number of fused-ring (bicyclic) bond motifs is 4. The highest BCUT2D eigenvalue weighted by Crippen LogP contribution is 2.46. The van der Waals surface area contributed by atoms with Gasteiger partial charge < -0.3 is 0 Å². The molecule has 0 nitrogen and oxygen atoms in total. The van der Waals surface area contributed by atoms with Crippen LogP contribution in [0.25, 0.3) is 76.5 Å². The normalized spacial score (nSPS) is 11.5. The van der Waals surface area contributed by atoms with E-state index in [1.165, 1.54) is 82.0 Å². The van der Waals surface area contributed by atoms with Crippen molar-refractivity contribution in [1.82, 2.24) is 0 Å². The Kier molecular flexibility index (Phi) is 5.47. The van der Waals surface area contributed by atoms with Crippen LogP contribution in [0, 0.1) is 6.92 Å². The van der Waals surface area contributed by atoms with Crippen molar-refractivity contribution >= 4 is 43.1 Å². The molecule has 0 aliphatic rings. The maximum atomic E-state index is 2.37. The monoisotopic (exact) mass is 520 g/mol. The van der Waals surface area contributed by atoms with Crippen molar-refractivity contribution in [1.29, 1.82) is 0 Å². The maximum Gasteiger partial charge on any atom is -0.00201 e. The van der Waals surface area contributed by atoms with Gasteiger partial charge in [0.05, 0.1) is 0 Å². The minimum atomic E-state index is 1.24. The molecule has 41 heavy (non-hydrogen) atoms. The summed E-state index contributed by atoms with van der Waals surface area (Å²) >= 11 is 0. The molecule has 0 aliphatic heterocycles. The van der Waals surface area contributed by atoms with E-state index in [0.29, 0.717) is 0 Å². The van der Waals surface area contributed by atoms with Crippen LogP contribution >= 0.6 is 0 Å². The molecule has 0 bridgehead atoms. The molecule has 0 amide bonds. The van der Waals surface area contributed by atoms with E-state index in [1.807, 2.05) is 0 Å². The molecule has 8 aromatic carbocycles. The minimum absolute atomic E-state index is 1.24. The van der Waals surface area contributed by atoms with Crippen LogP contribution in [-0.4, -0.2) is 0 Å². The molecule has 0 aromatic heterocycles. The SMILES string of the molecule is Cc1ccc2c(-c3ccc(-c4ccccc4)c4ccccc34)c3ccccc3c(-c3ccc4ccccc4c3)c2c1. The summed E-state index contributed by atoms with van der Waals surface area (Å²) in [5.41, 5.74) is 8.91. The number of benzene rings is 8. The summed E-state index contributed by atoms with van der Waals surface area (Å²) in [6, 6.07) is 55.7. The molecule has 192 valence electrons. The Morgan fingerprint density at radius 3 is 1.68 bits per heavy atom. The van der Waals surface area contributed by atoms with Crippen molar-refractivity contribution < 1.29 is 0 Å². The van der Waals surface area contributed by atoms with Gasteiger partial charge in [-0.2, -0.15) is 0 Å². The lowest BCUT2D eigenvalue weighted by Crippen LogP contribution is -1.93. The van der Waals surface area contributed by atoms with Crippen molar-refractivity contribution in [2.24, 2.45) is 0 Å². The average molecular weight is 521 g/mol. The summed E-state index contributed by atoms with van der Waals surface area (Å²) in [5, 5.41) is 10.2. The van der Waals surface area contributed by atoms with E-state index >= 15 is 0 Å². The largest absolute Gasteiger partial charge is 0.0622 e. The lowest BCUT2D eigenvalue weighted by Gasteiger charge is -2.20. The van der Waals surface area contributed by atoms with E-state index in [1.54, 1.807) is 0 Å². The molecule has 0 N–H and O–H groups in total. The summed E-state index contributed by atoms with van der Waals surface area (Å²) in [6.07, 6.45) is 0. The first-order chi connectivity index (χ1) is 20.3. The quantitative estimate of drug-likeness (QED) is 0.203. The van der Waals surface area contributed by atoms with Gasteiger partial charge in [0.1, 0.15) is 0 Å². The lowest BCUT2D eigenvalue weighted by atomic mass is 9.83. The molecule has 8 rings (SSSR count). The van der Waals surface area contributed by atoms with Gasteiger partial charge in [-0.25, -0.2) is 0 Å². The highest BCUT2D eigenvalue weighted by atomic mass is 14.2. The topological polar surface area (TPSA) is 0 Å². The number of rotatable bonds is 3. The Morgan fingerprint density at radius 1 is 0.317 bits per heavy atom. The third-order valence-electron chi connectivity index (χ3n) is 8.50. The smallest absolute Gasteiger partial charge is 0.00201 e. The van der Waals surface area contributed by atoms with Gasteiger partial charge in [-0.1, -0.05) is 151 Å². The summed E-state index contributed by atoms with van der Waals surface area (Å²) < 4.78 is 0. The summed E-state index contributed by atoms with van der Waals surface area (Å²) in [4.78, 5) is 0. The van der Waals surface area contributed by atoms with Gasteiger partial charge in [-0.3, -0.25) is 0 Å². The van der Waals surface area contributed by atoms with Gasteiger partial charge in [0.2, 0.25) is 0 Å². The zero-order chi connectivity index (χ0) is 27.3. The minimum Gasteiger partial charge on any atom is -0.0622 e. The molecule has 8 aromatic rings. The predicted octanol–water partition coefficient (Wildman–Crippen LogP) is 11.6. The first kappa shape index (κ1) is 23.7. The molecule has 0 heterocycles. The maximum absolute atomic E-state index is 2.37. The van der Waals surface area contributed by atoms with Gasteiger partial charge in [0, 0.05) is 0 Å². The van der Waals surface area contributed by atoms with Crippen LogP contribution in [0.3, 0.4) is 0 Å². The predicted molar refractivity (Wildman–Crippen MR) is 178 cm³/mol. The lowest BCUT2D eigenvalue weighted by molar-refractivity contribution is 1.51. The van der Waals surface area contributed by atoms with Gasteiger partial charge in [0.25, 0.3) is 0 Å². The molecule has 0 aliphatic carbocycles. The van der Waals surface area contributed by atoms with Gasteiger partial charge in [0.15, 0.2) is 0 Å². The third-order valence-corrected chi connectivity index (χ3v) is 8.50. The number of hydrogen-bond donors (Lipinski definition) is 0. The van der Waals surface area contributed by atoms with Gasteiger partial charge in [-0.05, 0) is 89.5 Å². The summed E-state index contributed by atoms with van der Waals surface area (Å²) in [5.74, 6) is 0. The molecule has 0 spiro atoms. The zero-order valence-electron chi connectivity index (χ0n) is 22.9. The molecular weight excluding hydrogens is 492 g/mol. The third kappa shape index (κ3) is 3.84. The second kappa shape index (κ2) is 9.47. The van der Waals surface area contributed by atoms with E-state index < -0.39 is 0 Å². The fraction of sp³-hybridized carbons (Fsp3) is 0.0244. The van der Waals surface area contributed by atoms with Crippen LogP contribution in [0.15, 0.2) is 152 Å². The Balaban J connectivity index is 1.50. The summed E-state index contributed by atoms with van der Waals surface area (Å²) in [6.45, 7) is 2.20. The van der Waals surface area contributed by atoms with E-state index in [9.17, 15) is 0 Å². The summed E-state index contributed by atoms with van der Waals surface area (Å²) in [7, 11) is 0. The van der Waals surface area contributed by atoms with Crippen molar-refractivity contribution in [3.05, 3.63) is 157 Å². The fourth-order valence-corrected chi connectivity index (χ4v) is 6.62. The van der Waals surface area contributed by atoms with Crippen LogP contribution in [0.4, 0.5) is 0 Å². The van der Waals surface area contributed by atoms with E-state index in [4.69, 9.17) is 0 Å². The molecule has 0 atom stereocenters. The Morgan fingerprint density at radius 2 is 0.902 bits per heavy atom. The molecule has 0 heteroatoms. The molecule has 0 unspecified atom stereocenters. The highest BCUT2D eigenvalue weighted by molar-refractivity contribution is 6.24. The molecule has 0 radical (unpaired) electrons. The van der Waals surface area contributed by atoms with Gasteiger partial charge >= 0.3 is 0 Å². The average Bonchev–Trinajstić information content (AvgIpc) is 3.03. The molecular formula is C41H28. The zero-order valence-corrected chi connectivity index (χ0v) is 22.9. The fourth-order valence-electron chi connectivity index (χ4n) is 6.62. The van der Waals surface area contributed by atoms with Crippen LogP contribution in [0.1, 0.15) is 5.56 Å². The second-order valence-corrected chi connectivity index (χ2v) is 11.0. The highest BCUT2D eigenvalue weighted by Gasteiger charge is 2.19. The van der Waals surface area contributed by atoms with Crippen LogP contribution in [0.5, 0.6) is 0 Å². The van der Waals surface area contributed by atoms with E-state index in [-0.39, 0.29) is 0 Å². The Labute approximate surface area is 240 Å². The van der Waals surface area contributed by atoms with Crippen LogP contribution in [-0.2, 0) is 0 Å². The molecule has 0 saturated carbocycles. The second-order valence-electron chi connectivity index (χ2n) is 11.0.